The van der Waals surface area contributed by atoms with E-state index in [1.807, 2.05) is 0 Å². The van der Waals surface area contributed by atoms with Gasteiger partial charge in [-0.1, -0.05) is 18.2 Å². The van der Waals surface area contributed by atoms with Crippen LogP contribution in [0.5, 0.6) is 0 Å². The van der Waals surface area contributed by atoms with Gasteiger partial charge in [-0.15, -0.1) is 22.7 Å². The van der Waals surface area contributed by atoms with Gasteiger partial charge in [-0.25, -0.2) is 0 Å². The van der Waals surface area contributed by atoms with Crippen molar-refractivity contribution in [3.63, 3.8) is 0 Å². The highest BCUT2D eigenvalue weighted by Gasteiger charge is 2.38. The van der Waals surface area contributed by atoms with Gasteiger partial charge in [0, 0.05) is 21.0 Å². The van der Waals surface area contributed by atoms with E-state index in [-0.39, 0.29) is 6.04 Å². The van der Waals surface area contributed by atoms with E-state index in [1.54, 1.807) is 22.7 Å². The maximum absolute atomic E-state index is 11.8. The van der Waals surface area contributed by atoms with Crippen LogP contribution in [0.1, 0.15) is 34.2 Å². The van der Waals surface area contributed by atoms with Crippen LogP contribution in [0.4, 0.5) is 0 Å². The lowest BCUT2D eigenvalue weighted by molar-refractivity contribution is -0.142. The summed E-state index contributed by atoms with van der Waals surface area (Å²) in [6, 6.07) is 12.3. The summed E-state index contributed by atoms with van der Waals surface area (Å²) in [6.07, 6.45) is 1.68. The lowest BCUT2D eigenvalue weighted by Gasteiger charge is -2.30. The summed E-state index contributed by atoms with van der Waals surface area (Å²) >= 11 is 3.52. The van der Waals surface area contributed by atoms with Crippen molar-refractivity contribution in [1.82, 2.24) is 4.90 Å². The number of likely N-dealkylation sites (tertiary alicyclic amines) is 1. The minimum Gasteiger partial charge on any atom is -0.480 e. The molecule has 0 bridgehead atoms. The van der Waals surface area contributed by atoms with E-state index in [0.29, 0.717) is 0 Å². The fraction of sp³-hybridized carbons (Fsp3) is 0.316. The number of aliphatic carboxylic acids is 1. The molecule has 24 heavy (non-hydrogen) atoms. The molecule has 0 saturated carbocycles. The van der Waals surface area contributed by atoms with Gasteiger partial charge in [0.15, 0.2) is 0 Å². The summed E-state index contributed by atoms with van der Waals surface area (Å²) in [6.45, 7) is 2.94. The van der Waals surface area contributed by atoms with Crippen molar-refractivity contribution in [2.75, 3.05) is 6.54 Å². The Morgan fingerprint density at radius 3 is 2.88 bits per heavy atom. The Balaban J connectivity index is 1.86. The zero-order valence-electron chi connectivity index (χ0n) is 13.4. The molecule has 124 valence electrons. The minimum absolute atomic E-state index is 0.0310. The van der Waals surface area contributed by atoms with Crippen molar-refractivity contribution in [3.8, 4) is 0 Å². The zero-order chi connectivity index (χ0) is 16.7. The van der Waals surface area contributed by atoms with Gasteiger partial charge in [0.2, 0.25) is 0 Å². The average Bonchev–Trinajstić information content (AvgIpc) is 3.29. The lowest BCUT2D eigenvalue weighted by atomic mass is 10.0. The van der Waals surface area contributed by atoms with Crippen LogP contribution in [0.25, 0.3) is 10.1 Å². The Hall–Kier alpha value is -1.69. The first-order chi connectivity index (χ1) is 11.6. The molecule has 1 aromatic carbocycles. The summed E-state index contributed by atoms with van der Waals surface area (Å²) in [4.78, 5) is 16.4. The number of thiophene rings is 2. The second-order valence-corrected chi connectivity index (χ2v) is 8.50. The smallest absolute Gasteiger partial charge is 0.320 e. The highest BCUT2D eigenvalue weighted by molar-refractivity contribution is 7.17. The lowest BCUT2D eigenvalue weighted by Crippen LogP contribution is -2.38. The van der Waals surface area contributed by atoms with Crippen molar-refractivity contribution < 1.29 is 9.90 Å². The molecule has 5 heteroatoms. The Bertz CT molecular complexity index is 882. The number of carboxylic acids is 1. The molecule has 4 rings (SSSR count). The van der Waals surface area contributed by atoms with Crippen molar-refractivity contribution in [3.05, 3.63) is 57.1 Å². The fourth-order valence-electron chi connectivity index (χ4n) is 3.67. The van der Waals surface area contributed by atoms with Crippen LogP contribution in [0, 0.1) is 6.92 Å². The van der Waals surface area contributed by atoms with Crippen LogP contribution in [0.3, 0.4) is 0 Å². The third kappa shape index (κ3) is 2.66. The molecule has 1 fully saturated rings. The van der Waals surface area contributed by atoms with Crippen LogP contribution < -0.4 is 0 Å². The van der Waals surface area contributed by atoms with E-state index in [9.17, 15) is 9.90 Å². The van der Waals surface area contributed by atoms with Crippen LogP contribution in [0.15, 0.2) is 41.8 Å². The van der Waals surface area contributed by atoms with Gasteiger partial charge in [-0.05, 0) is 54.3 Å². The second-order valence-electron chi connectivity index (χ2n) is 6.27. The molecule has 3 aromatic rings. The number of carboxylic acid groups (broad SMARTS) is 1. The SMILES string of the molecule is Cc1ccc(C(c2csc3ccccc23)N2CCCC2C(=O)O)s1. The second kappa shape index (κ2) is 6.31. The Labute approximate surface area is 149 Å². The van der Waals surface area contributed by atoms with Crippen LogP contribution >= 0.6 is 22.7 Å². The molecule has 2 aromatic heterocycles. The monoisotopic (exact) mass is 357 g/mol. The highest BCUT2D eigenvalue weighted by atomic mass is 32.1. The van der Waals surface area contributed by atoms with Gasteiger partial charge in [0.05, 0.1) is 6.04 Å². The van der Waals surface area contributed by atoms with Gasteiger partial charge in [-0.2, -0.15) is 0 Å². The van der Waals surface area contributed by atoms with Crippen LogP contribution in [-0.2, 0) is 4.79 Å². The molecule has 2 unspecified atom stereocenters. The van der Waals surface area contributed by atoms with Gasteiger partial charge in [0.25, 0.3) is 0 Å². The number of hydrogen-bond donors (Lipinski definition) is 1. The van der Waals surface area contributed by atoms with E-state index >= 15 is 0 Å². The van der Waals surface area contributed by atoms with Gasteiger partial charge < -0.3 is 5.11 Å². The first-order valence-electron chi connectivity index (χ1n) is 8.16. The van der Waals surface area contributed by atoms with Crippen LogP contribution in [0.2, 0.25) is 0 Å². The van der Waals surface area contributed by atoms with E-state index in [2.05, 4.69) is 53.6 Å². The van der Waals surface area contributed by atoms with E-state index in [4.69, 9.17) is 0 Å². The molecule has 3 heterocycles. The molecule has 3 nitrogen and oxygen atoms in total. The minimum atomic E-state index is -0.703. The predicted octanol–water partition coefficient (Wildman–Crippen LogP) is 4.91. The third-order valence-corrected chi connectivity index (χ3v) is 6.78. The molecule has 0 amide bonds. The molecule has 0 aliphatic carbocycles. The highest BCUT2D eigenvalue weighted by Crippen LogP contribution is 2.42. The van der Waals surface area contributed by atoms with E-state index in [1.165, 1.54) is 25.4 Å². The average molecular weight is 358 g/mol. The first-order valence-corrected chi connectivity index (χ1v) is 9.86. The maximum atomic E-state index is 11.8. The van der Waals surface area contributed by atoms with Crippen LogP contribution in [-0.4, -0.2) is 28.6 Å². The molecular weight excluding hydrogens is 338 g/mol. The molecule has 0 spiro atoms. The molecule has 0 radical (unpaired) electrons. The molecule has 1 saturated heterocycles. The summed E-state index contributed by atoms with van der Waals surface area (Å²) in [5.74, 6) is -0.703. The number of hydrogen-bond acceptors (Lipinski definition) is 4. The summed E-state index contributed by atoms with van der Waals surface area (Å²) in [7, 11) is 0. The number of rotatable bonds is 4. The van der Waals surface area contributed by atoms with Crippen molar-refractivity contribution >= 4 is 38.7 Å². The first kappa shape index (κ1) is 15.8. The van der Waals surface area contributed by atoms with Gasteiger partial charge >= 0.3 is 5.97 Å². The number of fused-ring (bicyclic) bond motifs is 1. The van der Waals surface area contributed by atoms with Crippen molar-refractivity contribution in [2.45, 2.75) is 31.8 Å². The quantitative estimate of drug-likeness (QED) is 0.721. The van der Waals surface area contributed by atoms with E-state index in [0.717, 1.165) is 19.4 Å². The number of benzene rings is 1. The zero-order valence-corrected chi connectivity index (χ0v) is 15.1. The number of carbonyl (C=O) groups is 1. The maximum Gasteiger partial charge on any atom is 0.320 e. The molecule has 1 aliphatic heterocycles. The van der Waals surface area contributed by atoms with Crippen molar-refractivity contribution in [2.24, 2.45) is 0 Å². The summed E-state index contributed by atoms with van der Waals surface area (Å²) < 4.78 is 1.26. The Morgan fingerprint density at radius 1 is 1.29 bits per heavy atom. The molecular formula is C19H19NO2S2. The molecule has 1 aliphatic rings. The molecule has 2 atom stereocenters. The third-order valence-electron chi connectivity index (χ3n) is 4.75. The predicted molar refractivity (Wildman–Crippen MR) is 100 cm³/mol. The topological polar surface area (TPSA) is 40.5 Å². The number of aryl methyl sites for hydroxylation is 1. The summed E-state index contributed by atoms with van der Waals surface area (Å²) in [5.41, 5.74) is 1.24. The fourth-order valence-corrected chi connectivity index (χ4v) is 5.67. The Morgan fingerprint density at radius 2 is 2.12 bits per heavy atom. The van der Waals surface area contributed by atoms with Crippen molar-refractivity contribution in [1.29, 1.82) is 0 Å². The molecule has 1 N–H and O–H groups in total. The largest absolute Gasteiger partial charge is 0.480 e. The Kier molecular flexibility index (Phi) is 4.16. The van der Waals surface area contributed by atoms with Gasteiger partial charge in [-0.3, -0.25) is 9.69 Å². The van der Waals surface area contributed by atoms with E-state index < -0.39 is 12.0 Å². The number of nitrogens with zero attached hydrogens (tertiary/aromatic N) is 1. The van der Waals surface area contributed by atoms with Gasteiger partial charge in [0.1, 0.15) is 6.04 Å². The normalized spacial score (nSPS) is 19.8. The summed E-state index contributed by atoms with van der Waals surface area (Å²) in [5, 5.41) is 13.1. The standard InChI is InChI=1S/C19H19NO2S2/c1-12-8-9-17(24-12)18(20-10-4-6-15(20)19(21)22)14-11-23-16-7-3-2-5-13(14)16/h2-3,5,7-9,11,15,18H,4,6,10H2,1H3,(H,21,22).